The summed E-state index contributed by atoms with van der Waals surface area (Å²) in [5, 5.41) is 15.1. The fourth-order valence-electron chi connectivity index (χ4n) is 2.69. The Hall–Kier alpha value is -2.05. The molecule has 1 aromatic heterocycles. The van der Waals surface area contributed by atoms with E-state index in [1.165, 1.54) is 10.6 Å². The molecule has 23 heavy (non-hydrogen) atoms. The Labute approximate surface area is 141 Å². The van der Waals surface area contributed by atoms with Crippen LogP contribution in [0.2, 0.25) is 10.0 Å². The van der Waals surface area contributed by atoms with Crippen molar-refractivity contribution in [1.29, 1.82) is 0 Å². The van der Waals surface area contributed by atoms with E-state index in [-0.39, 0.29) is 23.5 Å². The molecule has 1 aliphatic rings. The largest absolute Gasteiger partial charge is 0.366 e. The van der Waals surface area contributed by atoms with Crippen molar-refractivity contribution in [2.24, 2.45) is 0 Å². The second-order valence-electron chi connectivity index (χ2n) is 5.32. The Bertz CT molecular complexity index is 849. The Balaban J connectivity index is 2.08. The van der Waals surface area contributed by atoms with Crippen molar-refractivity contribution in [3.8, 4) is 0 Å². The highest BCUT2D eigenvalue weighted by molar-refractivity contribution is 6.42. The van der Waals surface area contributed by atoms with Crippen molar-refractivity contribution >= 4 is 34.7 Å². The number of anilines is 1. The number of nitrogens with zero attached hydrogens (tertiary/aromatic N) is 2. The van der Waals surface area contributed by atoms with Crippen LogP contribution in [0.5, 0.6) is 0 Å². The number of benzene rings is 1. The number of hydrogen-bond donors (Lipinski definition) is 1. The average Bonchev–Trinajstić information content (AvgIpc) is 2.53. The molecular weight excluding hydrogens is 341 g/mol. The van der Waals surface area contributed by atoms with E-state index in [2.05, 4.69) is 5.32 Å². The van der Waals surface area contributed by atoms with Crippen molar-refractivity contribution in [2.75, 3.05) is 11.9 Å². The molecule has 0 aliphatic carbocycles. The van der Waals surface area contributed by atoms with Crippen molar-refractivity contribution in [1.82, 2.24) is 4.57 Å². The molecule has 0 saturated heterocycles. The third kappa shape index (κ3) is 3.04. The molecule has 0 amide bonds. The van der Waals surface area contributed by atoms with E-state index in [1.807, 2.05) is 0 Å². The molecule has 1 aliphatic heterocycles. The van der Waals surface area contributed by atoms with Gasteiger partial charge >= 0.3 is 5.69 Å². The summed E-state index contributed by atoms with van der Waals surface area (Å²) in [6.45, 7) is 1.09. The Kier molecular flexibility index (Phi) is 4.28. The van der Waals surface area contributed by atoms with Crippen LogP contribution in [0.1, 0.15) is 17.5 Å². The zero-order valence-corrected chi connectivity index (χ0v) is 13.5. The Morgan fingerprint density at radius 1 is 1.26 bits per heavy atom. The van der Waals surface area contributed by atoms with Crippen LogP contribution in [0.4, 0.5) is 11.5 Å². The van der Waals surface area contributed by atoms with Gasteiger partial charge in [-0.25, -0.2) is 0 Å². The summed E-state index contributed by atoms with van der Waals surface area (Å²) in [7, 11) is 0. The molecule has 120 valence electrons. The van der Waals surface area contributed by atoms with Gasteiger partial charge in [-0.3, -0.25) is 19.5 Å². The van der Waals surface area contributed by atoms with Crippen LogP contribution in [0.3, 0.4) is 0 Å². The van der Waals surface area contributed by atoms with Gasteiger partial charge in [0.1, 0.15) is 0 Å². The normalized spacial score (nSPS) is 13.3. The molecule has 1 N–H and O–H groups in total. The first-order valence-electron chi connectivity index (χ1n) is 7.06. The number of fused-ring (bicyclic) bond motifs is 1. The van der Waals surface area contributed by atoms with E-state index in [0.717, 1.165) is 12.0 Å². The highest BCUT2D eigenvalue weighted by Gasteiger charge is 2.24. The van der Waals surface area contributed by atoms with Gasteiger partial charge in [-0.05, 0) is 24.1 Å². The zero-order chi connectivity index (χ0) is 16.6. The van der Waals surface area contributed by atoms with Gasteiger partial charge in [0.05, 0.1) is 15.0 Å². The van der Waals surface area contributed by atoms with Gasteiger partial charge in [-0.2, -0.15) is 0 Å². The van der Waals surface area contributed by atoms with Crippen LogP contribution in [0.15, 0.2) is 29.1 Å². The summed E-state index contributed by atoms with van der Waals surface area (Å²) in [6, 6.07) is 6.40. The fourth-order valence-corrected chi connectivity index (χ4v) is 3.01. The van der Waals surface area contributed by atoms with Gasteiger partial charge in [0.25, 0.3) is 5.56 Å². The monoisotopic (exact) mass is 353 g/mol. The van der Waals surface area contributed by atoms with Gasteiger partial charge in [0.2, 0.25) is 0 Å². The van der Waals surface area contributed by atoms with Crippen LogP contribution in [-0.4, -0.2) is 16.0 Å². The van der Waals surface area contributed by atoms with Gasteiger partial charge in [0.15, 0.2) is 5.82 Å². The SMILES string of the molecule is O=c1c(Cc2ccc(Cl)c(Cl)c2)cc([N+](=O)[O-])c2n1CCCN2. The highest BCUT2D eigenvalue weighted by atomic mass is 35.5. The first-order valence-corrected chi connectivity index (χ1v) is 7.82. The summed E-state index contributed by atoms with van der Waals surface area (Å²) in [5.41, 5.74) is 0.834. The molecule has 0 unspecified atom stereocenters. The third-order valence-electron chi connectivity index (χ3n) is 3.77. The van der Waals surface area contributed by atoms with Crippen molar-refractivity contribution in [2.45, 2.75) is 19.4 Å². The molecule has 0 atom stereocenters. The van der Waals surface area contributed by atoms with E-state index in [9.17, 15) is 14.9 Å². The quantitative estimate of drug-likeness (QED) is 0.676. The van der Waals surface area contributed by atoms with Gasteiger partial charge in [0, 0.05) is 31.1 Å². The predicted octanol–water partition coefficient (Wildman–Crippen LogP) is 3.47. The lowest BCUT2D eigenvalue weighted by molar-refractivity contribution is -0.384. The summed E-state index contributed by atoms with van der Waals surface area (Å²) in [5.74, 6) is 0.282. The minimum Gasteiger partial charge on any atom is -0.366 e. The predicted molar refractivity (Wildman–Crippen MR) is 89.7 cm³/mol. The fraction of sp³-hybridized carbons (Fsp3) is 0.267. The number of nitro groups is 1. The lowest BCUT2D eigenvalue weighted by Crippen LogP contribution is -2.31. The highest BCUT2D eigenvalue weighted by Crippen LogP contribution is 2.28. The molecular formula is C15H13Cl2N3O3. The number of pyridine rings is 1. The molecule has 2 aromatic rings. The maximum Gasteiger partial charge on any atom is 0.310 e. The maximum atomic E-state index is 12.6. The minimum absolute atomic E-state index is 0.0839. The van der Waals surface area contributed by atoms with Crippen LogP contribution >= 0.6 is 23.2 Å². The molecule has 3 rings (SSSR count). The van der Waals surface area contributed by atoms with Crippen LogP contribution in [0.25, 0.3) is 0 Å². The van der Waals surface area contributed by atoms with Gasteiger partial charge < -0.3 is 5.32 Å². The molecule has 1 aromatic carbocycles. The van der Waals surface area contributed by atoms with E-state index in [1.54, 1.807) is 18.2 Å². The summed E-state index contributed by atoms with van der Waals surface area (Å²) in [6.07, 6.45) is 1.01. The van der Waals surface area contributed by atoms with Gasteiger partial charge in [-0.15, -0.1) is 0 Å². The third-order valence-corrected chi connectivity index (χ3v) is 4.51. The lowest BCUT2D eigenvalue weighted by Gasteiger charge is -2.20. The maximum absolute atomic E-state index is 12.6. The van der Waals surface area contributed by atoms with E-state index >= 15 is 0 Å². The Morgan fingerprint density at radius 2 is 2.04 bits per heavy atom. The molecule has 0 spiro atoms. The van der Waals surface area contributed by atoms with Crippen molar-refractivity contribution in [3.05, 3.63) is 65.9 Å². The first-order chi connectivity index (χ1) is 11.0. The molecule has 0 fully saturated rings. The van der Waals surface area contributed by atoms with E-state index in [0.29, 0.717) is 28.7 Å². The molecule has 0 saturated carbocycles. The molecule has 8 heteroatoms. The van der Waals surface area contributed by atoms with Crippen LogP contribution < -0.4 is 10.9 Å². The van der Waals surface area contributed by atoms with Crippen molar-refractivity contribution in [3.63, 3.8) is 0 Å². The van der Waals surface area contributed by atoms with Crippen LogP contribution in [-0.2, 0) is 13.0 Å². The zero-order valence-electron chi connectivity index (χ0n) is 12.0. The van der Waals surface area contributed by atoms with E-state index < -0.39 is 4.92 Å². The summed E-state index contributed by atoms with van der Waals surface area (Å²) < 4.78 is 1.44. The minimum atomic E-state index is -0.470. The van der Waals surface area contributed by atoms with Crippen molar-refractivity contribution < 1.29 is 4.92 Å². The number of aromatic nitrogens is 1. The topological polar surface area (TPSA) is 77.2 Å². The standard InChI is InChI=1S/C15H13Cl2N3O3/c16-11-3-2-9(7-12(11)17)6-10-8-13(20(22)23)14-18-4-1-5-19(14)15(10)21/h2-3,7-8,18H,1,4-6H2. The lowest BCUT2D eigenvalue weighted by atomic mass is 10.1. The molecule has 6 nitrogen and oxygen atoms in total. The molecule has 2 heterocycles. The first kappa shape index (κ1) is 15.8. The van der Waals surface area contributed by atoms with Gasteiger partial charge in [-0.1, -0.05) is 29.3 Å². The number of rotatable bonds is 3. The number of halogens is 2. The number of hydrogen-bond acceptors (Lipinski definition) is 4. The Morgan fingerprint density at radius 3 is 2.74 bits per heavy atom. The van der Waals surface area contributed by atoms with Crippen LogP contribution in [0, 0.1) is 10.1 Å². The second kappa shape index (κ2) is 6.22. The smallest absolute Gasteiger partial charge is 0.310 e. The van der Waals surface area contributed by atoms with E-state index in [4.69, 9.17) is 23.2 Å². The number of nitrogens with one attached hydrogen (secondary N) is 1. The second-order valence-corrected chi connectivity index (χ2v) is 6.14. The molecule has 0 radical (unpaired) electrons. The average molecular weight is 354 g/mol. The molecule has 0 bridgehead atoms. The summed E-state index contributed by atoms with van der Waals surface area (Å²) in [4.78, 5) is 23.4. The summed E-state index contributed by atoms with van der Waals surface area (Å²) >= 11 is 11.9.